The first-order valence-corrected chi connectivity index (χ1v) is 10.7. The van der Waals surface area contributed by atoms with Crippen molar-refractivity contribution in [2.75, 3.05) is 0 Å². The summed E-state index contributed by atoms with van der Waals surface area (Å²) in [5.74, 6) is 0.726. The van der Waals surface area contributed by atoms with E-state index in [0.29, 0.717) is 0 Å². The molecule has 1 aromatic heterocycles. The molecule has 0 spiro atoms. The highest BCUT2D eigenvalue weighted by molar-refractivity contribution is 5.82. The average Bonchev–Trinajstić information content (AvgIpc) is 3.41. The first-order chi connectivity index (χ1) is 15.0. The first-order valence-electron chi connectivity index (χ1n) is 10.7. The van der Waals surface area contributed by atoms with E-state index in [-0.39, 0.29) is 21.2 Å². The second-order valence-electron chi connectivity index (χ2n) is 8.22. The van der Waals surface area contributed by atoms with E-state index < -0.39 is 0 Å². The summed E-state index contributed by atoms with van der Waals surface area (Å²) in [5.41, 5.74) is 3.48. The summed E-state index contributed by atoms with van der Waals surface area (Å²) in [6, 6.07) is 12.1. The molecule has 31 heavy (non-hydrogen) atoms. The number of benzene rings is 2. The third-order valence-electron chi connectivity index (χ3n) is 6.12. The SMILES string of the molecule is O=[N+]([O-])c1ccc2c(c1)CC=C2.O=[N+]([O-])c1ccc2ccn(CC3CCCCC3)c2c1. The van der Waals surface area contributed by atoms with Crippen molar-refractivity contribution in [3.8, 4) is 0 Å². The molecule has 0 atom stereocenters. The van der Waals surface area contributed by atoms with Gasteiger partial charge in [0.1, 0.15) is 0 Å². The summed E-state index contributed by atoms with van der Waals surface area (Å²) in [5, 5.41) is 22.3. The molecule has 5 rings (SSSR count). The van der Waals surface area contributed by atoms with Crippen LogP contribution in [0.15, 0.2) is 54.7 Å². The van der Waals surface area contributed by atoms with Crippen molar-refractivity contribution in [3.63, 3.8) is 0 Å². The molecule has 0 unspecified atom stereocenters. The van der Waals surface area contributed by atoms with Gasteiger partial charge >= 0.3 is 0 Å². The Balaban J connectivity index is 0.000000166. The maximum Gasteiger partial charge on any atom is 0.271 e. The number of allylic oxidation sites excluding steroid dienone is 1. The van der Waals surface area contributed by atoms with Gasteiger partial charge in [-0.25, -0.2) is 0 Å². The van der Waals surface area contributed by atoms with Crippen LogP contribution in [0.1, 0.15) is 43.2 Å². The van der Waals surface area contributed by atoms with Crippen LogP contribution in [0.3, 0.4) is 0 Å². The molecule has 0 N–H and O–H groups in total. The largest absolute Gasteiger partial charge is 0.347 e. The number of aromatic nitrogens is 1. The Kier molecular flexibility index (Phi) is 6.11. The van der Waals surface area contributed by atoms with E-state index in [1.54, 1.807) is 24.3 Å². The lowest BCUT2D eigenvalue weighted by Crippen LogP contribution is -2.13. The maximum absolute atomic E-state index is 10.9. The van der Waals surface area contributed by atoms with E-state index in [2.05, 4.69) is 10.8 Å². The Labute approximate surface area is 180 Å². The monoisotopic (exact) mass is 419 g/mol. The average molecular weight is 419 g/mol. The standard InChI is InChI=1S/C15H18N2O2.C9H7NO2/c18-17(19)14-7-6-13-8-9-16(15(13)10-14)11-12-4-2-1-3-5-12;11-10(12)9-5-4-7-2-1-3-8(7)6-9/h6-10,12H,1-5,11H2;1-2,4-6H,3H2. The van der Waals surface area contributed by atoms with E-state index in [1.807, 2.05) is 24.3 Å². The molecule has 1 fully saturated rings. The molecule has 7 heteroatoms. The highest BCUT2D eigenvalue weighted by atomic mass is 16.6. The normalized spacial score (nSPS) is 15.4. The Morgan fingerprint density at radius 1 is 0.903 bits per heavy atom. The molecule has 2 aliphatic carbocycles. The van der Waals surface area contributed by atoms with Crippen LogP contribution in [0.5, 0.6) is 0 Å². The molecule has 1 saturated carbocycles. The fourth-order valence-electron chi connectivity index (χ4n) is 4.45. The molecular formula is C24H25N3O4. The van der Waals surface area contributed by atoms with E-state index in [4.69, 9.17) is 0 Å². The fraction of sp³-hybridized carbons (Fsp3) is 0.333. The van der Waals surface area contributed by atoms with Gasteiger partial charge in [0.05, 0.1) is 15.4 Å². The summed E-state index contributed by atoms with van der Waals surface area (Å²) < 4.78 is 2.18. The van der Waals surface area contributed by atoms with Crippen LogP contribution in [0.25, 0.3) is 17.0 Å². The van der Waals surface area contributed by atoms with Crippen LogP contribution in [0.2, 0.25) is 0 Å². The first kappa shape index (κ1) is 20.8. The zero-order valence-electron chi connectivity index (χ0n) is 17.3. The summed E-state index contributed by atoms with van der Waals surface area (Å²) in [4.78, 5) is 20.6. The Morgan fingerprint density at radius 3 is 2.35 bits per heavy atom. The summed E-state index contributed by atoms with van der Waals surface area (Å²) >= 11 is 0. The van der Waals surface area contributed by atoms with Gasteiger partial charge in [-0.2, -0.15) is 0 Å². The topological polar surface area (TPSA) is 91.2 Å². The fourth-order valence-corrected chi connectivity index (χ4v) is 4.45. The number of fused-ring (bicyclic) bond motifs is 2. The van der Waals surface area contributed by atoms with Gasteiger partial charge in [-0.15, -0.1) is 0 Å². The molecule has 7 nitrogen and oxygen atoms in total. The maximum atomic E-state index is 10.9. The van der Waals surface area contributed by atoms with Crippen LogP contribution >= 0.6 is 0 Å². The van der Waals surface area contributed by atoms with Gasteiger partial charge in [0, 0.05) is 42.4 Å². The van der Waals surface area contributed by atoms with Crippen LogP contribution in [0, 0.1) is 26.1 Å². The van der Waals surface area contributed by atoms with Gasteiger partial charge in [0.25, 0.3) is 11.4 Å². The summed E-state index contributed by atoms with van der Waals surface area (Å²) in [6.45, 7) is 0.991. The minimum absolute atomic E-state index is 0.177. The van der Waals surface area contributed by atoms with Crippen molar-refractivity contribution in [1.29, 1.82) is 0 Å². The third kappa shape index (κ3) is 4.82. The number of hydrogen-bond donors (Lipinski definition) is 0. The highest BCUT2D eigenvalue weighted by Crippen LogP contribution is 2.28. The molecule has 0 radical (unpaired) electrons. The second-order valence-corrected chi connectivity index (χ2v) is 8.22. The van der Waals surface area contributed by atoms with Gasteiger partial charge in [-0.1, -0.05) is 31.4 Å². The van der Waals surface area contributed by atoms with Gasteiger partial charge in [0.15, 0.2) is 0 Å². The van der Waals surface area contributed by atoms with E-state index in [0.717, 1.165) is 40.9 Å². The molecule has 1 heterocycles. The molecule has 160 valence electrons. The second kappa shape index (κ2) is 9.12. The molecular weight excluding hydrogens is 394 g/mol. The quantitative estimate of drug-likeness (QED) is 0.367. The van der Waals surface area contributed by atoms with Crippen LogP contribution in [-0.2, 0) is 13.0 Å². The number of non-ortho nitro benzene ring substituents is 2. The van der Waals surface area contributed by atoms with Gasteiger partial charge < -0.3 is 4.57 Å². The Hall–Kier alpha value is -3.48. The van der Waals surface area contributed by atoms with Gasteiger partial charge in [0.2, 0.25) is 0 Å². The smallest absolute Gasteiger partial charge is 0.271 e. The Bertz CT molecular complexity index is 1140. The molecule has 2 aliphatic rings. The van der Waals surface area contributed by atoms with E-state index in [1.165, 1.54) is 38.2 Å². The molecule has 0 aliphatic heterocycles. The van der Waals surface area contributed by atoms with Gasteiger partial charge in [-0.05, 0) is 54.5 Å². The summed E-state index contributed by atoms with van der Waals surface area (Å²) in [6.07, 6.45) is 13.4. The number of nitrogens with zero attached hydrogens (tertiary/aromatic N) is 3. The van der Waals surface area contributed by atoms with E-state index >= 15 is 0 Å². The minimum Gasteiger partial charge on any atom is -0.347 e. The highest BCUT2D eigenvalue weighted by Gasteiger charge is 2.16. The zero-order chi connectivity index (χ0) is 21.8. The number of nitro groups is 2. The van der Waals surface area contributed by atoms with Crippen LogP contribution < -0.4 is 0 Å². The van der Waals surface area contributed by atoms with Crippen molar-refractivity contribution in [3.05, 3.63) is 86.1 Å². The zero-order valence-corrected chi connectivity index (χ0v) is 17.3. The number of rotatable bonds is 4. The predicted octanol–water partition coefficient (Wildman–Crippen LogP) is 6.29. The van der Waals surface area contributed by atoms with Crippen molar-refractivity contribution in [1.82, 2.24) is 4.57 Å². The molecule has 3 aromatic rings. The van der Waals surface area contributed by atoms with Crippen molar-refractivity contribution >= 4 is 28.4 Å². The molecule has 0 bridgehead atoms. The molecule has 0 amide bonds. The Morgan fingerprint density at radius 2 is 1.61 bits per heavy atom. The predicted molar refractivity (Wildman–Crippen MR) is 121 cm³/mol. The number of hydrogen-bond acceptors (Lipinski definition) is 4. The lowest BCUT2D eigenvalue weighted by molar-refractivity contribution is -0.385. The van der Waals surface area contributed by atoms with Gasteiger partial charge in [-0.3, -0.25) is 20.2 Å². The molecule has 0 saturated heterocycles. The van der Waals surface area contributed by atoms with Crippen molar-refractivity contribution < 1.29 is 9.85 Å². The minimum atomic E-state index is -0.362. The van der Waals surface area contributed by atoms with Crippen molar-refractivity contribution in [2.24, 2.45) is 5.92 Å². The van der Waals surface area contributed by atoms with Crippen LogP contribution in [0.4, 0.5) is 11.4 Å². The molecule has 2 aromatic carbocycles. The number of nitro benzene ring substituents is 2. The lowest BCUT2D eigenvalue weighted by atomic mass is 9.89. The van der Waals surface area contributed by atoms with E-state index in [9.17, 15) is 20.2 Å². The van der Waals surface area contributed by atoms with Crippen molar-refractivity contribution in [2.45, 2.75) is 45.1 Å². The summed E-state index contributed by atoms with van der Waals surface area (Å²) in [7, 11) is 0. The third-order valence-corrected chi connectivity index (χ3v) is 6.12. The lowest BCUT2D eigenvalue weighted by Gasteiger charge is -2.22. The van der Waals surface area contributed by atoms with Crippen LogP contribution in [-0.4, -0.2) is 14.4 Å².